The molecule has 0 atom stereocenters. The number of anilines is 1. The molecule has 2 aromatic rings. The summed E-state index contributed by atoms with van der Waals surface area (Å²) in [7, 11) is -4.01. The second-order valence-electron chi connectivity index (χ2n) is 6.65. The fourth-order valence-corrected chi connectivity index (χ4v) is 3.83. The fraction of sp³-hybridized carbons (Fsp3) is 0.263. The Labute approximate surface area is 182 Å². The van der Waals surface area contributed by atoms with Crippen molar-refractivity contribution in [3.8, 4) is 5.75 Å². The summed E-state index contributed by atoms with van der Waals surface area (Å²) < 4.78 is 42.3. The lowest BCUT2D eigenvalue weighted by molar-refractivity contribution is -0.385. The second-order valence-corrected chi connectivity index (χ2v) is 8.42. The van der Waals surface area contributed by atoms with Crippen LogP contribution in [0.1, 0.15) is 18.1 Å². The number of esters is 1. The Morgan fingerprint density at radius 3 is 2.59 bits per heavy atom. The Morgan fingerprint density at radius 1 is 1.22 bits per heavy atom. The van der Waals surface area contributed by atoms with Crippen molar-refractivity contribution < 1.29 is 37.1 Å². The third-order valence-corrected chi connectivity index (χ3v) is 5.68. The standard InChI is InChI=1S/C19H19N3O9S/c1-12(23)21-15-2-4-17(5-3-15)32(27,28)20-8-18(24)30-10-14-7-16(22(25)26)6-13-9-29-11-31-19(13)14/h2-7,20H,8-11H2,1H3,(H,21,23). The van der Waals surface area contributed by atoms with E-state index in [2.05, 4.69) is 10.0 Å². The number of amides is 1. The van der Waals surface area contributed by atoms with Crippen LogP contribution in [0.15, 0.2) is 41.3 Å². The number of rotatable bonds is 8. The van der Waals surface area contributed by atoms with Gasteiger partial charge in [-0.3, -0.25) is 19.7 Å². The second kappa shape index (κ2) is 9.72. The third kappa shape index (κ3) is 5.78. The molecule has 0 aliphatic carbocycles. The molecule has 0 fully saturated rings. The van der Waals surface area contributed by atoms with Crippen LogP contribution in [0.2, 0.25) is 0 Å². The Morgan fingerprint density at radius 2 is 1.94 bits per heavy atom. The lowest BCUT2D eigenvalue weighted by atomic mass is 10.1. The van der Waals surface area contributed by atoms with Gasteiger partial charge >= 0.3 is 5.97 Å². The maximum atomic E-state index is 12.3. The molecule has 0 saturated heterocycles. The number of carbonyl (C=O) groups excluding carboxylic acids is 2. The Balaban J connectivity index is 1.61. The molecule has 1 amide bonds. The first-order chi connectivity index (χ1) is 15.2. The lowest BCUT2D eigenvalue weighted by Crippen LogP contribution is -2.30. The van der Waals surface area contributed by atoms with Crippen molar-refractivity contribution in [1.82, 2.24) is 4.72 Å². The maximum absolute atomic E-state index is 12.3. The number of fused-ring (bicyclic) bond motifs is 1. The van der Waals surface area contributed by atoms with E-state index in [-0.39, 0.29) is 42.1 Å². The number of nitro benzene ring substituents is 1. The normalized spacial score (nSPS) is 12.9. The van der Waals surface area contributed by atoms with Crippen LogP contribution in [0.5, 0.6) is 5.75 Å². The van der Waals surface area contributed by atoms with E-state index in [0.717, 1.165) is 0 Å². The summed E-state index contributed by atoms with van der Waals surface area (Å²) in [6, 6.07) is 7.89. The zero-order valence-corrected chi connectivity index (χ0v) is 17.6. The van der Waals surface area contributed by atoms with Gasteiger partial charge in [0.1, 0.15) is 18.9 Å². The first-order valence-electron chi connectivity index (χ1n) is 9.19. The minimum atomic E-state index is -4.01. The zero-order valence-electron chi connectivity index (χ0n) is 16.8. The largest absolute Gasteiger partial charge is 0.467 e. The summed E-state index contributed by atoms with van der Waals surface area (Å²) in [6.07, 6.45) is 0. The number of non-ortho nitro benzene ring substituents is 1. The highest BCUT2D eigenvalue weighted by atomic mass is 32.2. The molecule has 0 saturated carbocycles. The molecule has 0 radical (unpaired) electrons. The molecule has 13 heteroatoms. The first kappa shape index (κ1) is 23.1. The molecule has 3 rings (SSSR count). The van der Waals surface area contributed by atoms with E-state index < -0.39 is 27.5 Å². The predicted octanol–water partition coefficient (Wildman–Crippen LogP) is 1.44. The van der Waals surface area contributed by atoms with Crippen LogP contribution < -0.4 is 14.8 Å². The van der Waals surface area contributed by atoms with Crippen molar-refractivity contribution in [2.45, 2.75) is 25.0 Å². The molecule has 1 aliphatic heterocycles. The molecule has 0 spiro atoms. The van der Waals surface area contributed by atoms with Crippen molar-refractivity contribution >= 4 is 33.3 Å². The molecule has 0 aromatic heterocycles. The lowest BCUT2D eigenvalue weighted by Gasteiger charge is -2.20. The van der Waals surface area contributed by atoms with E-state index in [1.165, 1.54) is 43.3 Å². The quantitative estimate of drug-likeness (QED) is 0.333. The number of nitrogens with zero attached hydrogens (tertiary/aromatic N) is 1. The number of nitrogens with one attached hydrogen (secondary N) is 2. The number of carbonyl (C=O) groups is 2. The molecule has 1 heterocycles. The van der Waals surface area contributed by atoms with E-state index in [0.29, 0.717) is 17.0 Å². The minimum absolute atomic E-state index is 0.0493. The summed E-state index contributed by atoms with van der Waals surface area (Å²) in [5.74, 6) is -0.866. The summed E-state index contributed by atoms with van der Waals surface area (Å²) in [5.41, 5.74) is 0.915. The molecule has 12 nitrogen and oxygen atoms in total. The SMILES string of the molecule is CC(=O)Nc1ccc(S(=O)(=O)NCC(=O)OCc2cc([N+](=O)[O-])cc3c2OCOC3)cc1. The zero-order chi connectivity index (χ0) is 23.3. The van der Waals surface area contributed by atoms with Crippen LogP contribution in [0.25, 0.3) is 0 Å². The van der Waals surface area contributed by atoms with Crippen molar-refractivity contribution in [3.63, 3.8) is 0 Å². The topological polar surface area (TPSA) is 163 Å². The molecule has 0 bridgehead atoms. The Hall–Kier alpha value is -3.55. The minimum Gasteiger partial charge on any atom is -0.467 e. The van der Waals surface area contributed by atoms with Gasteiger partial charge in [0.05, 0.1) is 16.4 Å². The van der Waals surface area contributed by atoms with Gasteiger partial charge < -0.3 is 19.5 Å². The van der Waals surface area contributed by atoms with E-state index in [1.54, 1.807) is 0 Å². The van der Waals surface area contributed by atoms with Gasteiger partial charge in [-0.2, -0.15) is 4.72 Å². The van der Waals surface area contributed by atoms with Gasteiger partial charge in [0.25, 0.3) is 5.69 Å². The van der Waals surface area contributed by atoms with Crippen LogP contribution in [0.4, 0.5) is 11.4 Å². The number of benzene rings is 2. The average molecular weight is 465 g/mol. The molecule has 2 aromatic carbocycles. The van der Waals surface area contributed by atoms with Crippen molar-refractivity contribution in [1.29, 1.82) is 0 Å². The van der Waals surface area contributed by atoms with Crippen LogP contribution in [0.3, 0.4) is 0 Å². The van der Waals surface area contributed by atoms with E-state index in [9.17, 15) is 28.1 Å². The predicted molar refractivity (Wildman–Crippen MR) is 109 cm³/mol. The Bertz CT molecular complexity index is 1150. The van der Waals surface area contributed by atoms with E-state index >= 15 is 0 Å². The number of ether oxygens (including phenoxy) is 3. The maximum Gasteiger partial charge on any atom is 0.321 e. The summed E-state index contributed by atoms with van der Waals surface area (Å²) in [5, 5.41) is 13.6. The fourth-order valence-electron chi connectivity index (χ4n) is 2.86. The van der Waals surface area contributed by atoms with Gasteiger partial charge in [-0.15, -0.1) is 0 Å². The van der Waals surface area contributed by atoms with Crippen molar-refractivity contribution in [2.75, 3.05) is 18.7 Å². The molecular formula is C19H19N3O9S. The third-order valence-electron chi connectivity index (χ3n) is 4.26. The average Bonchev–Trinajstić information content (AvgIpc) is 2.75. The van der Waals surface area contributed by atoms with Gasteiger partial charge in [-0.05, 0) is 24.3 Å². The number of sulfonamides is 1. The number of hydrogen-bond donors (Lipinski definition) is 2. The molecule has 0 unspecified atom stereocenters. The number of hydrogen-bond acceptors (Lipinski definition) is 9. The van der Waals surface area contributed by atoms with Gasteiger partial charge in [-0.1, -0.05) is 0 Å². The molecule has 32 heavy (non-hydrogen) atoms. The highest BCUT2D eigenvalue weighted by Crippen LogP contribution is 2.33. The van der Waals surface area contributed by atoms with E-state index in [4.69, 9.17) is 14.2 Å². The van der Waals surface area contributed by atoms with Gasteiger partial charge in [-0.25, -0.2) is 8.42 Å². The monoisotopic (exact) mass is 465 g/mol. The molecule has 1 aliphatic rings. The summed E-state index contributed by atoms with van der Waals surface area (Å²) in [4.78, 5) is 33.5. The van der Waals surface area contributed by atoms with Gasteiger partial charge in [0.15, 0.2) is 6.79 Å². The summed E-state index contributed by atoms with van der Waals surface area (Å²) in [6.45, 7) is 0.374. The molecule has 170 valence electrons. The van der Waals surface area contributed by atoms with Crippen LogP contribution in [-0.2, 0) is 42.3 Å². The first-order valence-corrected chi connectivity index (χ1v) is 10.7. The van der Waals surface area contributed by atoms with Crippen molar-refractivity contribution in [3.05, 3.63) is 57.6 Å². The number of nitro groups is 1. The highest BCUT2D eigenvalue weighted by Gasteiger charge is 2.22. The smallest absolute Gasteiger partial charge is 0.321 e. The van der Waals surface area contributed by atoms with Crippen molar-refractivity contribution in [2.24, 2.45) is 0 Å². The van der Waals surface area contributed by atoms with Crippen LogP contribution in [-0.4, -0.2) is 38.6 Å². The molecule has 2 N–H and O–H groups in total. The van der Waals surface area contributed by atoms with Crippen LogP contribution >= 0.6 is 0 Å². The van der Waals surface area contributed by atoms with Crippen LogP contribution in [0, 0.1) is 10.1 Å². The van der Waals surface area contributed by atoms with Gasteiger partial charge in [0.2, 0.25) is 15.9 Å². The summed E-state index contributed by atoms with van der Waals surface area (Å²) >= 11 is 0. The highest BCUT2D eigenvalue weighted by molar-refractivity contribution is 7.89. The van der Waals surface area contributed by atoms with E-state index in [1.807, 2.05) is 0 Å². The van der Waals surface area contributed by atoms with Gasteiger partial charge in [0, 0.05) is 35.9 Å². The Kier molecular flexibility index (Phi) is 7.02. The molecular weight excluding hydrogens is 446 g/mol.